The van der Waals surface area contributed by atoms with Gasteiger partial charge in [-0.1, -0.05) is 29.8 Å². The Kier molecular flexibility index (Phi) is 5.16. The molecule has 0 atom stereocenters. The van der Waals surface area contributed by atoms with E-state index in [0.717, 1.165) is 16.7 Å². The molecule has 1 saturated heterocycles. The van der Waals surface area contributed by atoms with Crippen molar-refractivity contribution in [3.05, 3.63) is 64.7 Å². The molecular formula is C20H24N2O3S. The molecule has 1 aliphatic heterocycles. The number of hydrogen-bond donors (Lipinski definition) is 0. The van der Waals surface area contributed by atoms with Crippen molar-refractivity contribution in [2.75, 3.05) is 26.2 Å². The maximum Gasteiger partial charge on any atom is 0.254 e. The van der Waals surface area contributed by atoms with Gasteiger partial charge < -0.3 is 4.90 Å². The molecule has 1 heterocycles. The summed E-state index contributed by atoms with van der Waals surface area (Å²) < 4.78 is 27.0. The van der Waals surface area contributed by atoms with Gasteiger partial charge in [-0.25, -0.2) is 8.42 Å². The molecule has 0 aliphatic carbocycles. The van der Waals surface area contributed by atoms with Gasteiger partial charge in [0.1, 0.15) is 0 Å². The summed E-state index contributed by atoms with van der Waals surface area (Å²) in [5.74, 6) is -0.0291. The van der Waals surface area contributed by atoms with E-state index in [4.69, 9.17) is 0 Å². The quantitative estimate of drug-likeness (QED) is 0.832. The lowest BCUT2D eigenvalue weighted by atomic mass is 10.0. The molecule has 0 spiro atoms. The van der Waals surface area contributed by atoms with E-state index in [1.165, 1.54) is 4.31 Å². The highest BCUT2D eigenvalue weighted by atomic mass is 32.2. The third-order valence-corrected chi connectivity index (χ3v) is 6.93. The molecule has 1 fully saturated rings. The normalized spacial score (nSPS) is 15.9. The van der Waals surface area contributed by atoms with E-state index in [1.54, 1.807) is 29.2 Å². The van der Waals surface area contributed by atoms with Crippen molar-refractivity contribution < 1.29 is 13.2 Å². The molecule has 0 saturated carbocycles. The Morgan fingerprint density at radius 3 is 2.12 bits per heavy atom. The first-order valence-electron chi connectivity index (χ1n) is 8.73. The van der Waals surface area contributed by atoms with E-state index < -0.39 is 10.0 Å². The van der Waals surface area contributed by atoms with Crippen molar-refractivity contribution in [3.63, 3.8) is 0 Å². The van der Waals surface area contributed by atoms with Gasteiger partial charge in [0.2, 0.25) is 10.0 Å². The SMILES string of the molecule is Cc1ccc(S(=O)(=O)N2CCN(C(=O)c3cccc(C)c3C)CC2)cc1. The second-order valence-corrected chi connectivity index (χ2v) is 8.69. The van der Waals surface area contributed by atoms with E-state index >= 15 is 0 Å². The van der Waals surface area contributed by atoms with Crippen LogP contribution in [0.25, 0.3) is 0 Å². The molecular weight excluding hydrogens is 348 g/mol. The van der Waals surface area contributed by atoms with Gasteiger partial charge in [0.15, 0.2) is 0 Å². The Hall–Kier alpha value is -2.18. The molecule has 1 aliphatic rings. The Bertz CT molecular complexity index is 913. The number of aryl methyl sites for hydroxylation is 2. The summed E-state index contributed by atoms with van der Waals surface area (Å²) in [6.07, 6.45) is 0. The zero-order chi connectivity index (χ0) is 18.9. The molecule has 138 valence electrons. The number of piperazine rings is 1. The van der Waals surface area contributed by atoms with Crippen LogP contribution in [-0.4, -0.2) is 49.7 Å². The topological polar surface area (TPSA) is 57.7 Å². The Morgan fingerprint density at radius 2 is 1.50 bits per heavy atom. The minimum atomic E-state index is -3.51. The molecule has 2 aromatic rings. The minimum absolute atomic E-state index is 0.0291. The Morgan fingerprint density at radius 1 is 0.885 bits per heavy atom. The van der Waals surface area contributed by atoms with Gasteiger partial charge in [-0.2, -0.15) is 4.31 Å². The predicted molar refractivity (Wildman–Crippen MR) is 102 cm³/mol. The standard InChI is InChI=1S/C20H24N2O3S/c1-15-7-9-18(10-8-15)26(24,25)22-13-11-21(12-14-22)20(23)19-6-4-5-16(2)17(19)3/h4-10H,11-14H2,1-3H3. The van der Waals surface area contributed by atoms with Crippen molar-refractivity contribution >= 4 is 15.9 Å². The fourth-order valence-corrected chi connectivity index (χ4v) is 4.57. The van der Waals surface area contributed by atoms with Gasteiger partial charge >= 0.3 is 0 Å². The Balaban J connectivity index is 1.72. The fourth-order valence-electron chi connectivity index (χ4n) is 3.14. The second kappa shape index (κ2) is 7.21. The number of carbonyl (C=O) groups excluding carboxylic acids is 1. The molecule has 0 radical (unpaired) electrons. The lowest BCUT2D eigenvalue weighted by Gasteiger charge is -2.34. The minimum Gasteiger partial charge on any atom is -0.336 e. The average molecular weight is 372 g/mol. The Labute approximate surface area is 155 Å². The van der Waals surface area contributed by atoms with Gasteiger partial charge in [-0.15, -0.1) is 0 Å². The van der Waals surface area contributed by atoms with Crippen LogP contribution in [0.1, 0.15) is 27.0 Å². The van der Waals surface area contributed by atoms with Gasteiger partial charge in [-0.3, -0.25) is 4.79 Å². The maximum atomic E-state index is 12.8. The van der Waals surface area contributed by atoms with Crippen LogP contribution in [0.15, 0.2) is 47.4 Å². The number of nitrogens with zero attached hydrogens (tertiary/aromatic N) is 2. The molecule has 3 rings (SSSR count). The molecule has 0 bridgehead atoms. The summed E-state index contributed by atoms with van der Waals surface area (Å²) in [5.41, 5.74) is 3.77. The molecule has 0 unspecified atom stereocenters. The summed E-state index contributed by atoms with van der Waals surface area (Å²) in [7, 11) is -3.51. The van der Waals surface area contributed by atoms with Gasteiger partial charge in [0.05, 0.1) is 4.90 Å². The monoisotopic (exact) mass is 372 g/mol. The maximum absolute atomic E-state index is 12.8. The first-order valence-corrected chi connectivity index (χ1v) is 10.2. The van der Waals surface area contributed by atoms with E-state index in [-0.39, 0.29) is 5.91 Å². The highest BCUT2D eigenvalue weighted by molar-refractivity contribution is 7.89. The highest BCUT2D eigenvalue weighted by Crippen LogP contribution is 2.20. The smallest absolute Gasteiger partial charge is 0.254 e. The van der Waals surface area contributed by atoms with Crippen LogP contribution >= 0.6 is 0 Å². The second-order valence-electron chi connectivity index (χ2n) is 6.76. The van der Waals surface area contributed by atoms with Crippen LogP contribution in [0.5, 0.6) is 0 Å². The third-order valence-electron chi connectivity index (χ3n) is 5.02. The number of sulfonamides is 1. The highest BCUT2D eigenvalue weighted by Gasteiger charge is 2.30. The molecule has 1 amide bonds. The predicted octanol–water partition coefficient (Wildman–Crippen LogP) is 2.76. The van der Waals surface area contributed by atoms with Crippen LogP contribution < -0.4 is 0 Å². The third kappa shape index (κ3) is 3.52. The number of carbonyl (C=O) groups is 1. The van der Waals surface area contributed by atoms with Gasteiger partial charge in [0, 0.05) is 31.7 Å². The lowest BCUT2D eigenvalue weighted by molar-refractivity contribution is 0.0697. The van der Waals surface area contributed by atoms with Crippen molar-refractivity contribution in [1.29, 1.82) is 0 Å². The van der Waals surface area contributed by atoms with Crippen LogP contribution in [0.3, 0.4) is 0 Å². The van der Waals surface area contributed by atoms with Gasteiger partial charge in [-0.05, 0) is 50.1 Å². The van der Waals surface area contributed by atoms with Crippen LogP contribution in [0.4, 0.5) is 0 Å². The van der Waals surface area contributed by atoms with E-state index in [0.29, 0.717) is 36.6 Å². The largest absolute Gasteiger partial charge is 0.336 e. The zero-order valence-electron chi connectivity index (χ0n) is 15.4. The lowest BCUT2D eigenvalue weighted by Crippen LogP contribution is -2.50. The number of hydrogen-bond acceptors (Lipinski definition) is 3. The molecule has 0 N–H and O–H groups in total. The molecule has 6 heteroatoms. The zero-order valence-corrected chi connectivity index (χ0v) is 16.2. The fraction of sp³-hybridized carbons (Fsp3) is 0.350. The molecule has 2 aromatic carbocycles. The summed E-state index contributed by atoms with van der Waals surface area (Å²) in [6.45, 7) is 7.28. The molecule has 26 heavy (non-hydrogen) atoms. The molecule has 5 nitrogen and oxygen atoms in total. The van der Waals surface area contributed by atoms with Crippen molar-refractivity contribution in [2.45, 2.75) is 25.7 Å². The van der Waals surface area contributed by atoms with Crippen LogP contribution in [0, 0.1) is 20.8 Å². The van der Waals surface area contributed by atoms with Gasteiger partial charge in [0.25, 0.3) is 5.91 Å². The average Bonchev–Trinajstić information content (AvgIpc) is 2.64. The first kappa shape index (κ1) is 18.6. The van der Waals surface area contributed by atoms with E-state index in [2.05, 4.69) is 0 Å². The molecule has 0 aromatic heterocycles. The summed E-state index contributed by atoms with van der Waals surface area (Å²) in [6, 6.07) is 12.6. The van der Waals surface area contributed by atoms with Crippen molar-refractivity contribution in [3.8, 4) is 0 Å². The van der Waals surface area contributed by atoms with Crippen molar-refractivity contribution in [2.24, 2.45) is 0 Å². The van der Waals surface area contributed by atoms with Crippen LogP contribution in [-0.2, 0) is 10.0 Å². The van der Waals surface area contributed by atoms with Crippen LogP contribution in [0.2, 0.25) is 0 Å². The summed E-state index contributed by atoms with van der Waals surface area (Å²) in [5, 5.41) is 0. The summed E-state index contributed by atoms with van der Waals surface area (Å²) in [4.78, 5) is 14.8. The van der Waals surface area contributed by atoms with E-state index in [1.807, 2.05) is 39.0 Å². The van der Waals surface area contributed by atoms with E-state index in [9.17, 15) is 13.2 Å². The number of amides is 1. The number of rotatable bonds is 3. The summed E-state index contributed by atoms with van der Waals surface area (Å²) >= 11 is 0. The number of benzene rings is 2. The van der Waals surface area contributed by atoms with Crippen molar-refractivity contribution in [1.82, 2.24) is 9.21 Å². The first-order chi connectivity index (χ1) is 12.3.